The number of benzene rings is 1. The van der Waals surface area contributed by atoms with E-state index in [0.29, 0.717) is 41.0 Å². The van der Waals surface area contributed by atoms with Gasteiger partial charge in [-0.15, -0.1) is 0 Å². The van der Waals surface area contributed by atoms with Gasteiger partial charge in [0, 0.05) is 37.7 Å². The zero-order valence-corrected chi connectivity index (χ0v) is 24.2. The molecule has 3 heterocycles. The number of halogens is 1. The van der Waals surface area contributed by atoms with Crippen LogP contribution in [0, 0.1) is 5.92 Å². The summed E-state index contributed by atoms with van der Waals surface area (Å²) in [5, 5.41) is 6.38. The second-order valence-corrected chi connectivity index (χ2v) is 11.4. The summed E-state index contributed by atoms with van der Waals surface area (Å²) in [7, 11) is 5.33. The molecule has 2 aromatic rings. The number of aromatic nitrogens is 2. The van der Waals surface area contributed by atoms with Crippen LogP contribution in [0.15, 0.2) is 36.8 Å². The van der Waals surface area contributed by atoms with Crippen LogP contribution in [-0.4, -0.2) is 79.6 Å². The van der Waals surface area contributed by atoms with Crippen LogP contribution in [-0.2, 0) is 4.79 Å². The molecule has 0 radical (unpaired) electrons. The fourth-order valence-corrected chi connectivity index (χ4v) is 6.10. The van der Waals surface area contributed by atoms with E-state index in [1.807, 2.05) is 0 Å². The lowest BCUT2D eigenvalue weighted by molar-refractivity contribution is -0.121. The van der Waals surface area contributed by atoms with Gasteiger partial charge in [0.25, 0.3) is 5.91 Å². The van der Waals surface area contributed by atoms with Crippen molar-refractivity contribution in [3.63, 3.8) is 0 Å². The van der Waals surface area contributed by atoms with Gasteiger partial charge < -0.3 is 30.1 Å². The molecule has 0 spiro atoms. The summed E-state index contributed by atoms with van der Waals surface area (Å²) < 4.78 is 19.5. The summed E-state index contributed by atoms with van der Waals surface area (Å²) >= 11 is 0. The molecule has 11 heteroatoms. The van der Waals surface area contributed by atoms with E-state index in [1.54, 1.807) is 38.6 Å². The molecule has 2 fully saturated rings. The molecule has 1 aromatic carbocycles. The Hall–Kier alpha value is -3.73. The Bertz CT molecular complexity index is 1290. The van der Waals surface area contributed by atoms with Crippen molar-refractivity contribution in [2.24, 2.45) is 5.92 Å². The molecule has 220 valence electrons. The van der Waals surface area contributed by atoms with Gasteiger partial charge in [-0.05, 0) is 64.0 Å². The molecule has 1 atom stereocenters. The third-order valence-corrected chi connectivity index (χ3v) is 8.48. The summed E-state index contributed by atoms with van der Waals surface area (Å²) in [5.74, 6) is 0.103. The van der Waals surface area contributed by atoms with Gasteiger partial charge in [0.15, 0.2) is 5.82 Å². The third-order valence-electron chi connectivity index (χ3n) is 8.48. The van der Waals surface area contributed by atoms with Crippen LogP contribution in [0.1, 0.15) is 55.3 Å². The highest BCUT2D eigenvalue weighted by Crippen LogP contribution is 2.39. The second kappa shape index (κ2) is 12.4. The zero-order chi connectivity index (χ0) is 29.1. The summed E-state index contributed by atoms with van der Waals surface area (Å²) in [6.07, 6.45) is 7.65. The standard InChI is InChI=1S/C30H40FN7O3/c1-19(31)15-21-18-38(23-7-5-6-8-23)27-25(37(3)29(21)40)17-32-30(35-27)34-24-10-9-20(16-26(24)41-4)28(39)33-22-11-13-36(2)14-12-22/h9-10,16-17,21-23H,1,5-8,11-15,18H2,2-4H3,(H,33,39)(H,32,34,35). The van der Waals surface area contributed by atoms with Crippen LogP contribution in [0.5, 0.6) is 5.75 Å². The lowest BCUT2D eigenvalue weighted by atomic mass is 10.0. The normalized spacial score (nSPS) is 20.5. The number of anilines is 4. The van der Waals surface area contributed by atoms with E-state index < -0.39 is 11.7 Å². The fraction of sp³-hybridized carbons (Fsp3) is 0.533. The summed E-state index contributed by atoms with van der Waals surface area (Å²) in [6, 6.07) is 5.62. The predicted molar refractivity (Wildman–Crippen MR) is 158 cm³/mol. The molecule has 1 saturated carbocycles. The number of nitrogens with zero attached hydrogens (tertiary/aromatic N) is 5. The minimum absolute atomic E-state index is 0.0200. The first kappa shape index (κ1) is 28.8. The SMILES string of the molecule is C=C(F)CC1CN(C2CCCC2)c2nc(Nc3ccc(C(=O)NC4CCN(C)CC4)cc3OC)ncc2N(C)C1=O. The number of nitrogens with one attached hydrogen (secondary N) is 2. The average molecular weight is 566 g/mol. The number of rotatable bonds is 8. The maximum atomic E-state index is 13.9. The van der Waals surface area contributed by atoms with Crippen molar-refractivity contribution in [3.8, 4) is 5.75 Å². The van der Waals surface area contributed by atoms with Gasteiger partial charge in [0.2, 0.25) is 11.9 Å². The first-order valence-electron chi connectivity index (χ1n) is 14.4. The second-order valence-electron chi connectivity index (χ2n) is 11.4. The molecule has 1 aromatic heterocycles. The van der Waals surface area contributed by atoms with Gasteiger partial charge >= 0.3 is 0 Å². The molecule has 41 heavy (non-hydrogen) atoms. The molecular weight excluding hydrogens is 525 g/mol. The quantitative estimate of drug-likeness (QED) is 0.489. The van der Waals surface area contributed by atoms with Gasteiger partial charge in [-0.25, -0.2) is 9.37 Å². The number of allylic oxidation sites excluding steroid dienone is 1. The molecule has 0 bridgehead atoms. The van der Waals surface area contributed by atoms with Crippen LogP contribution in [0.25, 0.3) is 0 Å². The number of hydrogen-bond donors (Lipinski definition) is 2. The Morgan fingerprint density at radius 2 is 1.90 bits per heavy atom. The van der Waals surface area contributed by atoms with Gasteiger partial charge in [-0.2, -0.15) is 4.98 Å². The molecule has 2 aliphatic heterocycles. The number of carbonyl (C=O) groups is 2. The highest BCUT2D eigenvalue weighted by Gasteiger charge is 2.37. The smallest absolute Gasteiger partial charge is 0.251 e. The van der Waals surface area contributed by atoms with Crippen LogP contribution in [0.2, 0.25) is 0 Å². The van der Waals surface area contributed by atoms with E-state index in [-0.39, 0.29) is 30.3 Å². The van der Waals surface area contributed by atoms with Crippen molar-refractivity contribution in [1.82, 2.24) is 20.2 Å². The van der Waals surface area contributed by atoms with Crippen molar-refractivity contribution >= 4 is 35.0 Å². The number of amides is 2. The van der Waals surface area contributed by atoms with E-state index in [9.17, 15) is 14.0 Å². The topological polar surface area (TPSA) is 103 Å². The Morgan fingerprint density at radius 1 is 1.17 bits per heavy atom. The summed E-state index contributed by atoms with van der Waals surface area (Å²) in [4.78, 5) is 41.5. The average Bonchev–Trinajstić information content (AvgIpc) is 3.47. The van der Waals surface area contributed by atoms with Gasteiger partial charge in [0.05, 0.1) is 30.7 Å². The Labute approximate surface area is 241 Å². The molecular formula is C30H40FN7O3. The molecule has 10 nitrogen and oxygen atoms in total. The van der Waals surface area contributed by atoms with E-state index in [4.69, 9.17) is 9.72 Å². The maximum Gasteiger partial charge on any atom is 0.251 e. The zero-order valence-electron chi connectivity index (χ0n) is 24.2. The Balaban J connectivity index is 1.39. The first-order valence-corrected chi connectivity index (χ1v) is 14.4. The molecule has 3 aliphatic rings. The van der Waals surface area contributed by atoms with Crippen molar-refractivity contribution < 1.29 is 18.7 Å². The molecule has 5 rings (SSSR count). The number of ether oxygens (including phenoxy) is 1. The number of hydrogen-bond acceptors (Lipinski definition) is 8. The lowest BCUT2D eigenvalue weighted by Crippen LogP contribution is -2.43. The monoisotopic (exact) mass is 565 g/mol. The van der Waals surface area contributed by atoms with E-state index >= 15 is 0 Å². The predicted octanol–water partition coefficient (Wildman–Crippen LogP) is 4.27. The van der Waals surface area contributed by atoms with Crippen molar-refractivity contribution in [2.75, 3.05) is 56.0 Å². The van der Waals surface area contributed by atoms with E-state index in [1.165, 1.54) is 4.90 Å². The number of fused-ring (bicyclic) bond motifs is 1. The van der Waals surface area contributed by atoms with Crippen LogP contribution >= 0.6 is 0 Å². The van der Waals surface area contributed by atoms with E-state index in [2.05, 4.69) is 39.0 Å². The molecule has 2 N–H and O–H groups in total. The van der Waals surface area contributed by atoms with E-state index in [0.717, 1.165) is 51.6 Å². The molecule has 1 aliphatic carbocycles. The molecule has 1 unspecified atom stereocenters. The van der Waals surface area contributed by atoms with Crippen molar-refractivity contribution in [3.05, 3.63) is 42.4 Å². The van der Waals surface area contributed by atoms with Crippen LogP contribution < -0.4 is 25.2 Å². The number of piperidine rings is 1. The minimum atomic E-state index is -0.558. The summed E-state index contributed by atoms with van der Waals surface area (Å²) in [6.45, 7) is 5.70. The van der Waals surface area contributed by atoms with Crippen molar-refractivity contribution in [2.45, 2.75) is 57.0 Å². The van der Waals surface area contributed by atoms with Crippen LogP contribution in [0.4, 0.5) is 27.5 Å². The number of methoxy groups -OCH3 is 1. The van der Waals surface area contributed by atoms with Crippen molar-refractivity contribution in [1.29, 1.82) is 0 Å². The highest BCUT2D eigenvalue weighted by atomic mass is 19.1. The largest absolute Gasteiger partial charge is 0.495 e. The number of carbonyl (C=O) groups excluding carboxylic acids is 2. The first-order chi connectivity index (χ1) is 19.7. The van der Waals surface area contributed by atoms with Gasteiger partial charge in [-0.1, -0.05) is 19.4 Å². The maximum absolute atomic E-state index is 13.9. The van der Waals surface area contributed by atoms with Gasteiger partial charge in [0.1, 0.15) is 11.4 Å². The Morgan fingerprint density at radius 3 is 2.59 bits per heavy atom. The van der Waals surface area contributed by atoms with Crippen LogP contribution in [0.3, 0.4) is 0 Å². The Kier molecular flexibility index (Phi) is 8.72. The lowest BCUT2D eigenvalue weighted by Gasteiger charge is -2.31. The highest BCUT2D eigenvalue weighted by molar-refractivity contribution is 5.99. The number of likely N-dealkylation sites (tertiary alicyclic amines) is 1. The minimum Gasteiger partial charge on any atom is -0.495 e. The fourth-order valence-electron chi connectivity index (χ4n) is 6.10. The summed E-state index contributed by atoms with van der Waals surface area (Å²) in [5.41, 5.74) is 1.72. The molecule has 2 amide bonds. The third kappa shape index (κ3) is 6.45. The molecule has 1 saturated heterocycles. The van der Waals surface area contributed by atoms with Gasteiger partial charge in [-0.3, -0.25) is 9.59 Å².